The Morgan fingerprint density at radius 3 is 2.45 bits per heavy atom. The molecule has 0 aliphatic rings. The normalized spacial score (nSPS) is 11.8. The third-order valence-electron chi connectivity index (χ3n) is 4.89. The molecule has 0 amide bonds. The Hall–Kier alpha value is -3.25. The maximum atomic E-state index is 14.0. The van der Waals surface area contributed by atoms with Gasteiger partial charge in [-0.1, -0.05) is 12.1 Å². The van der Waals surface area contributed by atoms with Gasteiger partial charge in [0.05, 0.1) is 14.2 Å². The van der Waals surface area contributed by atoms with Crippen molar-refractivity contribution >= 4 is 5.69 Å². The number of nitrogens with one attached hydrogen (secondary N) is 1. The third-order valence-corrected chi connectivity index (χ3v) is 4.89. The van der Waals surface area contributed by atoms with Crippen LogP contribution in [0.1, 0.15) is 28.4 Å². The minimum atomic E-state index is -1.04. The maximum absolute atomic E-state index is 14.0. The van der Waals surface area contributed by atoms with Crippen LogP contribution < -0.4 is 14.8 Å². The van der Waals surface area contributed by atoms with E-state index < -0.39 is 11.9 Å². The van der Waals surface area contributed by atoms with E-state index in [4.69, 9.17) is 9.47 Å². The molecule has 29 heavy (non-hydrogen) atoms. The van der Waals surface area contributed by atoms with Crippen LogP contribution in [0.25, 0.3) is 0 Å². The number of anilines is 1. The van der Waals surface area contributed by atoms with Crippen molar-refractivity contribution in [3.05, 3.63) is 82.7 Å². The summed E-state index contributed by atoms with van der Waals surface area (Å²) in [6.07, 6.45) is -1.04. The van der Waals surface area contributed by atoms with E-state index in [2.05, 4.69) is 5.32 Å². The summed E-state index contributed by atoms with van der Waals surface area (Å²) < 4.78 is 24.6. The Labute approximate surface area is 169 Å². The number of halogens is 1. The summed E-state index contributed by atoms with van der Waals surface area (Å²) in [5.74, 6) is 0.857. The maximum Gasteiger partial charge on any atom is 0.127 e. The zero-order valence-corrected chi connectivity index (χ0v) is 16.6. The van der Waals surface area contributed by atoms with Crippen molar-refractivity contribution in [3.63, 3.8) is 0 Å². The number of aliphatic hydroxyl groups is 1. The lowest BCUT2D eigenvalue weighted by atomic mass is 9.95. The number of phenolic OH excluding ortho intramolecular Hbond substituents is 1. The van der Waals surface area contributed by atoms with Gasteiger partial charge in [0.15, 0.2) is 0 Å². The molecule has 6 heteroatoms. The molecule has 152 valence electrons. The molecule has 0 radical (unpaired) electrons. The van der Waals surface area contributed by atoms with Gasteiger partial charge in [-0.3, -0.25) is 0 Å². The second-order valence-electron chi connectivity index (χ2n) is 6.66. The Kier molecular flexibility index (Phi) is 6.24. The van der Waals surface area contributed by atoms with Gasteiger partial charge in [0.1, 0.15) is 29.2 Å². The average Bonchev–Trinajstić information content (AvgIpc) is 2.73. The van der Waals surface area contributed by atoms with Crippen molar-refractivity contribution in [1.82, 2.24) is 0 Å². The lowest BCUT2D eigenvalue weighted by molar-refractivity contribution is 0.219. The second-order valence-corrected chi connectivity index (χ2v) is 6.66. The molecule has 0 saturated heterocycles. The molecule has 0 spiro atoms. The minimum absolute atomic E-state index is 0.108. The Bertz CT molecular complexity index is 1010. The van der Waals surface area contributed by atoms with Crippen LogP contribution in [-0.4, -0.2) is 24.4 Å². The summed E-state index contributed by atoms with van der Waals surface area (Å²) >= 11 is 0. The number of phenols is 1. The summed E-state index contributed by atoms with van der Waals surface area (Å²) in [6, 6.07) is 14.5. The summed E-state index contributed by atoms with van der Waals surface area (Å²) in [5.41, 5.74) is 3.25. The zero-order valence-electron chi connectivity index (χ0n) is 16.6. The first-order valence-corrected chi connectivity index (χ1v) is 9.15. The van der Waals surface area contributed by atoms with Crippen LogP contribution in [0.2, 0.25) is 0 Å². The fourth-order valence-corrected chi connectivity index (χ4v) is 3.31. The molecule has 3 aromatic carbocycles. The molecule has 5 nitrogen and oxygen atoms in total. The van der Waals surface area contributed by atoms with Crippen molar-refractivity contribution in [2.45, 2.75) is 19.6 Å². The monoisotopic (exact) mass is 397 g/mol. The summed E-state index contributed by atoms with van der Waals surface area (Å²) in [4.78, 5) is 0. The van der Waals surface area contributed by atoms with Gasteiger partial charge in [-0.05, 0) is 54.4 Å². The molecule has 0 aliphatic carbocycles. The van der Waals surface area contributed by atoms with E-state index in [0.717, 1.165) is 11.1 Å². The number of ether oxygens (including phenoxy) is 2. The first kappa shape index (κ1) is 20.5. The van der Waals surface area contributed by atoms with Crippen molar-refractivity contribution in [1.29, 1.82) is 0 Å². The van der Waals surface area contributed by atoms with Gasteiger partial charge < -0.3 is 25.0 Å². The molecule has 0 heterocycles. The number of rotatable bonds is 7. The van der Waals surface area contributed by atoms with Crippen LogP contribution in [0.5, 0.6) is 17.2 Å². The van der Waals surface area contributed by atoms with Gasteiger partial charge >= 0.3 is 0 Å². The fourth-order valence-electron chi connectivity index (χ4n) is 3.31. The molecule has 3 aromatic rings. The molecule has 0 saturated carbocycles. The van der Waals surface area contributed by atoms with E-state index in [1.165, 1.54) is 25.3 Å². The second kappa shape index (κ2) is 8.84. The summed E-state index contributed by atoms with van der Waals surface area (Å²) in [6.45, 7) is 2.22. The lowest BCUT2D eigenvalue weighted by Gasteiger charge is -2.20. The van der Waals surface area contributed by atoms with Gasteiger partial charge in [0.25, 0.3) is 0 Å². The first-order valence-electron chi connectivity index (χ1n) is 9.15. The van der Waals surface area contributed by atoms with Crippen LogP contribution in [0.3, 0.4) is 0 Å². The molecule has 3 rings (SSSR count). The number of hydrogen-bond acceptors (Lipinski definition) is 5. The van der Waals surface area contributed by atoms with Crippen LogP contribution in [0, 0.1) is 12.7 Å². The van der Waals surface area contributed by atoms with Gasteiger partial charge in [-0.15, -0.1) is 0 Å². The van der Waals surface area contributed by atoms with Crippen molar-refractivity contribution in [2.24, 2.45) is 0 Å². The fraction of sp³-hybridized carbons (Fsp3) is 0.217. The minimum Gasteiger partial charge on any atom is -0.508 e. The largest absolute Gasteiger partial charge is 0.508 e. The van der Waals surface area contributed by atoms with Crippen molar-refractivity contribution in [2.75, 3.05) is 19.5 Å². The van der Waals surface area contributed by atoms with E-state index >= 15 is 0 Å². The molecule has 1 atom stereocenters. The summed E-state index contributed by atoms with van der Waals surface area (Å²) in [5, 5.41) is 23.9. The highest BCUT2D eigenvalue weighted by Crippen LogP contribution is 2.34. The van der Waals surface area contributed by atoms with Crippen LogP contribution in [0.4, 0.5) is 10.1 Å². The first-order chi connectivity index (χ1) is 13.9. The molecular formula is C23H24FNO4. The highest BCUT2D eigenvalue weighted by atomic mass is 19.1. The van der Waals surface area contributed by atoms with E-state index in [1.54, 1.807) is 37.4 Å². The van der Waals surface area contributed by atoms with Crippen LogP contribution >= 0.6 is 0 Å². The Morgan fingerprint density at radius 2 is 1.72 bits per heavy atom. The molecule has 0 bridgehead atoms. The van der Waals surface area contributed by atoms with Gasteiger partial charge in [0, 0.05) is 29.4 Å². The number of benzene rings is 3. The number of methoxy groups -OCH3 is 2. The van der Waals surface area contributed by atoms with Crippen molar-refractivity contribution in [3.8, 4) is 17.2 Å². The highest BCUT2D eigenvalue weighted by Gasteiger charge is 2.19. The number of hydrogen-bond donors (Lipinski definition) is 3. The molecule has 0 aromatic heterocycles. The number of aliphatic hydroxyl groups excluding tert-OH is 1. The smallest absolute Gasteiger partial charge is 0.127 e. The summed E-state index contributed by atoms with van der Waals surface area (Å²) in [7, 11) is 3.09. The van der Waals surface area contributed by atoms with Crippen LogP contribution in [-0.2, 0) is 6.54 Å². The highest BCUT2D eigenvalue weighted by molar-refractivity contribution is 5.57. The van der Waals surface area contributed by atoms with E-state index in [0.29, 0.717) is 34.9 Å². The predicted molar refractivity (Wildman–Crippen MR) is 110 cm³/mol. The molecule has 3 N–H and O–H groups in total. The standard InChI is InChI=1S/C23H24FNO4/c1-14-18(5-4-6-21(14)28-2)23(27)19-11-16(24)8-10-20(19)25-13-15-7-9-17(26)12-22(15)29-3/h4-12,23,25-27H,13H2,1-3H3. The van der Waals surface area contributed by atoms with Gasteiger partial charge in [0.2, 0.25) is 0 Å². The third kappa shape index (κ3) is 4.43. The molecule has 0 fully saturated rings. The zero-order chi connectivity index (χ0) is 21.0. The van der Waals surface area contributed by atoms with E-state index in [-0.39, 0.29) is 5.75 Å². The van der Waals surface area contributed by atoms with E-state index in [9.17, 15) is 14.6 Å². The molecule has 0 aliphatic heterocycles. The SMILES string of the molecule is COc1cc(O)ccc1CNc1ccc(F)cc1C(O)c1cccc(OC)c1C. The number of aromatic hydroxyl groups is 1. The Balaban J connectivity index is 1.93. The quantitative estimate of drug-likeness (QED) is 0.546. The van der Waals surface area contributed by atoms with Gasteiger partial charge in [-0.2, -0.15) is 0 Å². The molecule has 1 unspecified atom stereocenters. The average molecular weight is 397 g/mol. The van der Waals surface area contributed by atoms with E-state index in [1.807, 2.05) is 13.0 Å². The molecular weight excluding hydrogens is 373 g/mol. The van der Waals surface area contributed by atoms with Crippen LogP contribution in [0.15, 0.2) is 54.6 Å². The predicted octanol–water partition coefficient (Wildman–Crippen LogP) is 4.55. The van der Waals surface area contributed by atoms with Gasteiger partial charge in [-0.25, -0.2) is 4.39 Å². The lowest BCUT2D eigenvalue weighted by Crippen LogP contribution is -2.09. The Morgan fingerprint density at radius 1 is 0.966 bits per heavy atom. The van der Waals surface area contributed by atoms with Crippen molar-refractivity contribution < 1.29 is 24.1 Å². The topological polar surface area (TPSA) is 71.0 Å².